The molecular formula is C46H82F12N2P2. The SMILES string of the molecule is CCCCCCCCCCCCCCc1cc(C)cc(C)[n+]1CCCC[n+]1c(C)cc(C)cc1CCCCCCCCCCCCCC.F[P-](F)(F)(F)(F)F.F[P-](F)(F)(F)(F)F. The van der Waals surface area contributed by atoms with Gasteiger partial charge < -0.3 is 0 Å². The van der Waals surface area contributed by atoms with Gasteiger partial charge in [-0.15, -0.1) is 0 Å². The van der Waals surface area contributed by atoms with Crippen LogP contribution in [-0.2, 0) is 25.9 Å². The fraction of sp³-hybridized carbons (Fsp3) is 0.783. The summed E-state index contributed by atoms with van der Waals surface area (Å²) in [5.41, 5.74) is 8.85. The number of hydrogen-bond acceptors (Lipinski definition) is 0. The van der Waals surface area contributed by atoms with Gasteiger partial charge in [-0.25, -0.2) is 9.13 Å². The maximum atomic E-state index is 9.87. The van der Waals surface area contributed by atoms with E-state index in [-0.39, 0.29) is 0 Å². The summed E-state index contributed by atoms with van der Waals surface area (Å²) in [6.45, 7) is 16.1. The Bertz CT molecular complexity index is 1380. The molecule has 370 valence electrons. The van der Waals surface area contributed by atoms with Crippen LogP contribution in [0.2, 0.25) is 0 Å². The predicted molar refractivity (Wildman–Crippen MR) is 238 cm³/mol. The van der Waals surface area contributed by atoms with Gasteiger partial charge in [0.15, 0.2) is 22.8 Å². The molecule has 0 unspecified atom stereocenters. The first-order valence-corrected chi connectivity index (χ1v) is 27.5. The molecule has 2 aromatic heterocycles. The van der Waals surface area contributed by atoms with Crippen molar-refractivity contribution in [2.45, 2.75) is 234 Å². The molecule has 0 saturated heterocycles. The second kappa shape index (κ2) is 27.1. The third kappa shape index (κ3) is 44.9. The van der Waals surface area contributed by atoms with Crippen molar-refractivity contribution in [3.63, 3.8) is 0 Å². The first kappa shape index (κ1) is 60.3. The molecule has 0 aliphatic rings. The third-order valence-electron chi connectivity index (χ3n) is 10.8. The number of unbranched alkanes of at least 4 members (excludes halogenated alkanes) is 23. The van der Waals surface area contributed by atoms with Gasteiger partial charge in [-0.3, -0.25) is 0 Å². The Kier molecular flexibility index (Phi) is 26.3. The van der Waals surface area contributed by atoms with Crippen molar-refractivity contribution in [1.29, 1.82) is 0 Å². The normalized spacial score (nSPS) is 14.2. The summed E-state index contributed by atoms with van der Waals surface area (Å²) in [5, 5.41) is 0. The Morgan fingerprint density at radius 3 is 0.758 bits per heavy atom. The van der Waals surface area contributed by atoms with Crippen molar-refractivity contribution in [3.8, 4) is 0 Å². The monoisotopic (exact) mass is 953 g/mol. The molecule has 0 aromatic carbocycles. The van der Waals surface area contributed by atoms with E-state index in [0.717, 1.165) is 13.1 Å². The van der Waals surface area contributed by atoms with Crippen molar-refractivity contribution >= 4 is 15.6 Å². The molecule has 16 heteroatoms. The van der Waals surface area contributed by atoms with Crippen LogP contribution in [0.15, 0.2) is 24.3 Å². The number of halogens is 12. The first-order chi connectivity index (χ1) is 28.4. The van der Waals surface area contributed by atoms with E-state index >= 15 is 0 Å². The molecule has 2 rings (SSSR count). The molecule has 2 nitrogen and oxygen atoms in total. The van der Waals surface area contributed by atoms with Crippen molar-refractivity contribution in [1.82, 2.24) is 0 Å². The number of aromatic nitrogens is 2. The molecule has 0 aliphatic carbocycles. The second-order valence-electron chi connectivity index (χ2n) is 17.5. The Labute approximate surface area is 366 Å². The molecule has 0 bridgehead atoms. The van der Waals surface area contributed by atoms with E-state index < -0.39 is 15.6 Å². The molecule has 0 atom stereocenters. The van der Waals surface area contributed by atoms with Crippen molar-refractivity contribution in [2.24, 2.45) is 0 Å². The van der Waals surface area contributed by atoms with Gasteiger partial charge in [0.25, 0.3) is 0 Å². The van der Waals surface area contributed by atoms with Gasteiger partial charge in [-0.05, 0) is 37.8 Å². The third-order valence-corrected chi connectivity index (χ3v) is 10.8. The van der Waals surface area contributed by atoms with E-state index in [1.807, 2.05) is 0 Å². The average Bonchev–Trinajstić information content (AvgIpc) is 3.10. The summed E-state index contributed by atoms with van der Waals surface area (Å²) in [6, 6.07) is 9.71. The summed E-state index contributed by atoms with van der Waals surface area (Å²) in [6.07, 6.45) is 39.0. The first-order valence-electron chi connectivity index (χ1n) is 23.5. The van der Waals surface area contributed by atoms with Gasteiger partial charge in [0.05, 0.1) is 0 Å². The summed E-state index contributed by atoms with van der Waals surface area (Å²) < 4.78 is 124. The molecule has 2 heterocycles. The van der Waals surface area contributed by atoms with Crippen molar-refractivity contribution in [3.05, 3.63) is 58.2 Å². The van der Waals surface area contributed by atoms with E-state index in [4.69, 9.17) is 0 Å². The van der Waals surface area contributed by atoms with Crippen LogP contribution in [0.4, 0.5) is 50.4 Å². The number of pyridine rings is 2. The van der Waals surface area contributed by atoms with Crippen LogP contribution in [0.25, 0.3) is 0 Å². The van der Waals surface area contributed by atoms with Gasteiger partial charge in [0.2, 0.25) is 0 Å². The fourth-order valence-corrected chi connectivity index (χ4v) is 7.92. The summed E-state index contributed by atoms with van der Waals surface area (Å²) in [7, 11) is -21.3. The van der Waals surface area contributed by atoms with Crippen LogP contribution >= 0.6 is 15.6 Å². The molecule has 0 fully saturated rings. The molecule has 0 amide bonds. The number of rotatable bonds is 31. The molecule has 0 saturated carbocycles. The van der Waals surface area contributed by atoms with Gasteiger partial charge in [-0.1, -0.05) is 155 Å². The zero-order valence-corrected chi connectivity index (χ0v) is 40.6. The number of aryl methyl sites for hydroxylation is 6. The van der Waals surface area contributed by atoms with E-state index in [0.29, 0.717) is 0 Å². The van der Waals surface area contributed by atoms with Crippen LogP contribution in [0.5, 0.6) is 0 Å². The summed E-state index contributed by atoms with van der Waals surface area (Å²) >= 11 is 0. The van der Waals surface area contributed by atoms with Crippen molar-refractivity contribution < 1.29 is 59.5 Å². The second-order valence-corrected chi connectivity index (χ2v) is 21.4. The molecule has 0 aliphatic heterocycles. The molecular weight excluding hydrogens is 870 g/mol. The quantitative estimate of drug-likeness (QED) is 0.0308. The van der Waals surface area contributed by atoms with Gasteiger partial charge >= 0.3 is 66.0 Å². The maximum absolute atomic E-state index is 10.7. The van der Waals surface area contributed by atoms with E-state index in [2.05, 4.69) is 74.9 Å². The minimum absolute atomic E-state index is 1.15. The van der Waals surface area contributed by atoms with E-state index in [1.54, 1.807) is 11.4 Å². The average molecular weight is 953 g/mol. The van der Waals surface area contributed by atoms with E-state index in [9.17, 15) is 50.4 Å². The zero-order chi connectivity index (χ0) is 47.5. The van der Waals surface area contributed by atoms with E-state index in [1.165, 1.54) is 202 Å². The van der Waals surface area contributed by atoms with Crippen LogP contribution in [0.1, 0.15) is 215 Å². The fourth-order valence-electron chi connectivity index (χ4n) is 7.92. The molecule has 62 heavy (non-hydrogen) atoms. The van der Waals surface area contributed by atoms with Crippen LogP contribution in [0.3, 0.4) is 0 Å². The zero-order valence-electron chi connectivity index (χ0n) is 38.8. The number of nitrogens with zero attached hydrogens (tertiary/aromatic N) is 2. The Morgan fingerprint density at radius 2 is 0.532 bits per heavy atom. The summed E-state index contributed by atoms with van der Waals surface area (Å²) in [4.78, 5) is 0. The van der Waals surface area contributed by atoms with Gasteiger partial charge in [0, 0.05) is 63.8 Å². The Hall–Kier alpha value is -1.68. The molecule has 2 aromatic rings. The Morgan fingerprint density at radius 1 is 0.323 bits per heavy atom. The Balaban J connectivity index is 0.00000227. The minimum atomic E-state index is -10.7. The summed E-state index contributed by atoms with van der Waals surface area (Å²) in [5.74, 6) is 0. The predicted octanol–water partition coefficient (Wildman–Crippen LogP) is 20.2. The van der Waals surface area contributed by atoms with Gasteiger partial charge in [-0.2, -0.15) is 0 Å². The van der Waals surface area contributed by atoms with Gasteiger partial charge in [0.1, 0.15) is 13.1 Å². The standard InChI is InChI=1S/C46H82N2.2F6P/c1-7-9-11-13-15-17-19-21-23-25-27-29-33-45-39-41(3)37-43(5)47(45)35-31-32-36-48-44(6)38-42(4)40-46(48)34-30-28-26-24-22-20-18-16-14-12-10-8-2;2*1-7(2,3,4,5)6/h37-40H,7-36H2,1-6H3;;/q+2;2*-1. The number of hydrogen-bond donors (Lipinski definition) is 0. The molecule has 0 spiro atoms. The van der Waals surface area contributed by atoms with Crippen LogP contribution < -0.4 is 9.13 Å². The molecule has 0 radical (unpaired) electrons. The topological polar surface area (TPSA) is 7.76 Å². The molecule has 0 N–H and O–H groups in total. The van der Waals surface area contributed by atoms with Crippen molar-refractivity contribution in [2.75, 3.05) is 0 Å². The van der Waals surface area contributed by atoms with Crippen LogP contribution in [0, 0.1) is 27.7 Å². The van der Waals surface area contributed by atoms with Crippen LogP contribution in [-0.4, -0.2) is 0 Å².